The molecular formula is C15H22O3. The van der Waals surface area contributed by atoms with E-state index in [4.69, 9.17) is 4.74 Å². The minimum absolute atomic E-state index is 0.416. The molecule has 0 spiro atoms. The van der Waals surface area contributed by atoms with Crippen LogP contribution in [0.25, 0.3) is 0 Å². The lowest BCUT2D eigenvalue weighted by molar-refractivity contribution is -0.154. The van der Waals surface area contributed by atoms with Gasteiger partial charge in [0.15, 0.2) is 0 Å². The first-order chi connectivity index (χ1) is 8.54. The number of esters is 2. The summed E-state index contributed by atoms with van der Waals surface area (Å²) in [6.45, 7) is 7.10. The molecule has 0 aliphatic heterocycles. The third-order valence-corrected chi connectivity index (χ3v) is 3.49. The van der Waals surface area contributed by atoms with Gasteiger partial charge in [0, 0.05) is 11.1 Å². The molecule has 1 rings (SSSR count). The topological polar surface area (TPSA) is 43.4 Å². The van der Waals surface area contributed by atoms with Crippen molar-refractivity contribution in [2.45, 2.75) is 52.4 Å². The molecule has 1 aliphatic carbocycles. The van der Waals surface area contributed by atoms with Gasteiger partial charge < -0.3 is 4.74 Å². The Morgan fingerprint density at radius 1 is 1.22 bits per heavy atom. The molecule has 0 heterocycles. The monoisotopic (exact) mass is 250 g/mol. The summed E-state index contributed by atoms with van der Waals surface area (Å²) in [5.74, 6) is -0.629. The zero-order valence-corrected chi connectivity index (χ0v) is 11.3. The molecule has 1 fully saturated rings. The lowest BCUT2D eigenvalue weighted by Gasteiger charge is -2.21. The molecule has 0 unspecified atom stereocenters. The molecule has 0 radical (unpaired) electrons. The van der Waals surface area contributed by atoms with Crippen LogP contribution in [-0.2, 0) is 14.3 Å². The van der Waals surface area contributed by atoms with Crippen molar-refractivity contribution in [1.29, 1.82) is 0 Å². The molecule has 0 aromatic heterocycles. The molecule has 0 bridgehead atoms. The predicted molar refractivity (Wildman–Crippen MR) is 70.9 cm³/mol. The molecule has 18 heavy (non-hydrogen) atoms. The van der Waals surface area contributed by atoms with Gasteiger partial charge in [0.05, 0.1) is 0 Å². The minimum Gasteiger partial charge on any atom is -0.386 e. The van der Waals surface area contributed by atoms with Crippen molar-refractivity contribution >= 4 is 11.9 Å². The van der Waals surface area contributed by atoms with Crippen LogP contribution in [-0.4, -0.2) is 11.9 Å². The van der Waals surface area contributed by atoms with E-state index >= 15 is 0 Å². The third kappa shape index (κ3) is 4.47. The van der Waals surface area contributed by atoms with E-state index in [9.17, 15) is 9.59 Å². The molecular weight excluding hydrogens is 228 g/mol. The summed E-state index contributed by atoms with van der Waals surface area (Å²) in [5, 5.41) is 0. The normalized spacial score (nSPS) is 17.3. The highest BCUT2D eigenvalue weighted by Gasteiger charge is 2.20. The van der Waals surface area contributed by atoms with Crippen molar-refractivity contribution in [2.75, 3.05) is 0 Å². The fraction of sp³-hybridized carbons (Fsp3) is 0.600. The van der Waals surface area contributed by atoms with Crippen LogP contribution in [0.3, 0.4) is 0 Å². The highest BCUT2D eigenvalue weighted by molar-refractivity contribution is 6.01. The Hall–Kier alpha value is -1.38. The van der Waals surface area contributed by atoms with Crippen molar-refractivity contribution in [3.63, 3.8) is 0 Å². The van der Waals surface area contributed by atoms with Crippen LogP contribution in [0, 0.1) is 5.92 Å². The van der Waals surface area contributed by atoms with E-state index in [0.717, 1.165) is 12.8 Å². The molecule has 0 atom stereocenters. The molecule has 3 heteroatoms. The first kappa shape index (κ1) is 14.7. The lowest BCUT2D eigenvalue weighted by atomic mass is 9.85. The molecule has 0 N–H and O–H groups in total. The second-order valence-electron chi connectivity index (χ2n) is 4.96. The van der Waals surface area contributed by atoms with E-state index < -0.39 is 11.9 Å². The largest absolute Gasteiger partial charge is 0.386 e. The van der Waals surface area contributed by atoms with Crippen LogP contribution in [0.1, 0.15) is 52.4 Å². The zero-order valence-electron chi connectivity index (χ0n) is 11.3. The molecule has 0 amide bonds. The Bertz CT molecular complexity index is 360. The van der Waals surface area contributed by atoms with Gasteiger partial charge in [-0.3, -0.25) is 0 Å². The number of carbonyl (C=O) groups excluding carboxylic acids is 2. The van der Waals surface area contributed by atoms with Crippen LogP contribution >= 0.6 is 0 Å². The number of rotatable bonds is 4. The maximum atomic E-state index is 11.7. The highest BCUT2D eigenvalue weighted by atomic mass is 16.6. The van der Waals surface area contributed by atoms with Gasteiger partial charge in [0.2, 0.25) is 0 Å². The quantitative estimate of drug-likeness (QED) is 0.435. The van der Waals surface area contributed by atoms with Gasteiger partial charge in [-0.1, -0.05) is 44.8 Å². The molecule has 0 aromatic carbocycles. The first-order valence-electron chi connectivity index (χ1n) is 6.61. The van der Waals surface area contributed by atoms with Gasteiger partial charge in [-0.2, -0.15) is 0 Å². The average molecular weight is 250 g/mol. The second kappa shape index (κ2) is 7.14. The van der Waals surface area contributed by atoms with E-state index in [2.05, 4.69) is 6.58 Å². The SMILES string of the molecule is C=C(CC1CCCCC1)C(=O)OC(=O)C(C)=CC. The van der Waals surface area contributed by atoms with Crippen LogP contribution < -0.4 is 0 Å². The number of ether oxygens (including phenoxy) is 1. The van der Waals surface area contributed by atoms with E-state index in [1.807, 2.05) is 0 Å². The zero-order chi connectivity index (χ0) is 13.5. The first-order valence-corrected chi connectivity index (χ1v) is 6.61. The summed E-state index contributed by atoms with van der Waals surface area (Å²) in [6, 6.07) is 0. The summed E-state index contributed by atoms with van der Waals surface area (Å²) in [5.41, 5.74) is 0.855. The fourth-order valence-corrected chi connectivity index (χ4v) is 2.18. The van der Waals surface area contributed by atoms with E-state index in [1.54, 1.807) is 19.9 Å². The molecule has 1 aliphatic rings. The Balaban J connectivity index is 2.41. The van der Waals surface area contributed by atoms with Gasteiger partial charge in [-0.25, -0.2) is 9.59 Å². The van der Waals surface area contributed by atoms with Crippen molar-refractivity contribution in [3.05, 3.63) is 23.8 Å². The molecule has 1 saturated carbocycles. The summed E-state index contributed by atoms with van der Waals surface area (Å²) in [7, 11) is 0. The lowest BCUT2D eigenvalue weighted by Crippen LogP contribution is -2.17. The Morgan fingerprint density at radius 3 is 2.39 bits per heavy atom. The van der Waals surface area contributed by atoms with Gasteiger partial charge >= 0.3 is 11.9 Å². The van der Waals surface area contributed by atoms with E-state index in [0.29, 0.717) is 23.5 Å². The van der Waals surface area contributed by atoms with Crippen molar-refractivity contribution < 1.29 is 14.3 Å². The maximum absolute atomic E-state index is 11.7. The van der Waals surface area contributed by atoms with Crippen LogP contribution in [0.15, 0.2) is 23.8 Å². The van der Waals surface area contributed by atoms with Gasteiger partial charge in [0.25, 0.3) is 0 Å². The number of carbonyl (C=O) groups is 2. The van der Waals surface area contributed by atoms with Crippen molar-refractivity contribution in [1.82, 2.24) is 0 Å². The van der Waals surface area contributed by atoms with E-state index in [-0.39, 0.29) is 0 Å². The van der Waals surface area contributed by atoms with Gasteiger partial charge in [0.1, 0.15) is 0 Å². The van der Waals surface area contributed by atoms with Gasteiger partial charge in [-0.05, 0) is 26.2 Å². The van der Waals surface area contributed by atoms with E-state index in [1.165, 1.54) is 19.3 Å². The summed E-state index contributed by atoms with van der Waals surface area (Å²) in [6.07, 6.45) is 8.31. The van der Waals surface area contributed by atoms with Crippen molar-refractivity contribution in [3.8, 4) is 0 Å². The average Bonchev–Trinajstić information content (AvgIpc) is 2.38. The standard InChI is InChI=1S/C15H22O3/c1-4-11(2)14(16)18-15(17)12(3)10-13-8-6-5-7-9-13/h4,13H,3,5-10H2,1-2H3. The van der Waals surface area contributed by atoms with Crippen LogP contribution in [0.4, 0.5) is 0 Å². The highest BCUT2D eigenvalue weighted by Crippen LogP contribution is 2.28. The van der Waals surface area contributed by atoms with Gasteiger partial charge in [-0.15, -0.1) is 0 Å². The summed E-state index contributed by atoms with van der Waals surface area (Å²) in [4.78, 5) is 23.1. The molecule has 0 aromatic rings. The smallest absolute Gasteiger partial charge is 0.341 e. The summed E-state index contributed by atoms with van der Waals surface area (Å²) >= 11 is 0. The second-order valence-corrected chi connectivity index (χ2v) is 4.96. The van der Waals surface area contributed by atoms with Crippen LogP contribution in [0.5, 0.6) is 0 Å². The third-order valence-electron chi connectivity index (χ3n) is 3.49. The number of allylic oxidation sites excluding steroid dienone is 1. The molecule has 0 saturated heterocycles. The predicted octanol–water partition coefficient (Wildman–Crippen LogP) is 3.55. The minimum atomic E-state index is -0.577. The van der Waals surface area contributed by atoms with Crippen LogP contribution in [0.2, 0.25) is 0 Å². The molecule has 3 nitrogen and oxygen atoms in total. The molecule has 100 valence electrons. The number of hydrogen-bond donors (Lipinski definition) is 0. The Morgan fingerprint density at radius 2 is 1.83 bits per heavy atom. The fourth-order valence-electron chi connectivity index (χ4n) is 2.18. The maximum Gasteiger partial charge on any atom is 0.341 e. The van der Waals surface area contributed by atoms with Crippen molar-refractivity contribution in [2.24, 2.45) is 5.92 Å². The summed E-state index contributed by atoms with van der Waals surface area (Å²) < 4.78 is 4.76. The Labute approximate surface area is 109 Å². The Kier molecular flexibility index (Phi) is 5.83. The number of hydrogen-bond acceptors (Lipinski definition) is 3.